The maximum atomic E-state index is 11.6. The lowest BCUT2D eigenvalue weighted by molar-refractivity contribution is -0.119. The lowest BCUT2D eigenvalue weighted by Crippen LogP contribution is -2.14. The lowest BCUT2D eigenvalue weighted by Gasteiger charge is -2.07. The largest absolute Gasteiger partial charge is 0.298 e. The zero-order valence-corrected chi connectivity index (χ0v) is 10.2. The van der Waals surface area contributed by atoms with Crippen LogP contribution in [-0.2, 0) is 11.2 Å². The Labute approximate surface area is 104 Å². The van der Waals surface area contributed by atoms with E-state index in [1.807, 2.05) is 24.3 Å². The molecule has 1 saturated heterocycles. The molecule has 1 aromatic carbocycles. The highest BCUT2D eigenvalue weighted by Gasteiger charge is 2.25. The lowest BCUT2D eigenvalue weighted by atomic mass is 10.0. The first-order valence-electron chi connectivity index (χ1n) is 5.78. The van der Waals surface area contributed by atoms with Crippen molar-refractivity contribution < 1.29 is 4.79 Å². The molecule has 0 bridgehead atoms. The van der Waals surface area contributed by atoms with Crippen LogP contribution in [0.2, 0.25) is 0 Å². The summed E-state index contributed by atoms with van der Waals surface area (Å²) in [5.74, 6) is 2.18. The van der Waals surface area contributed by atoms with Crippen molar-refractivity contribution in [2.45, 2.75) is 6.42 Å². The fourth-order valence-electron chi connectivity index (χ4n) is 2.16. The molecule has 1 aliphatic heterocycles. The van der Waals surface area contributed by atoms with Gasteiger partial charge in [0.05, 0.1) is 11.3 Å². The predicted octanol–water partition coefficient (Wildman–Crippen LogP) is 2.71. The second-order valence-corrected chi connectivity index (χ2v) is 5.41. The molecule has 0 spiro atoms. The number of para-hydroxylation sites is 1. The van der Waals surface area contributed by atoms with Crippen LogP contribution < -0.4 is 0 Å². The Morgan fingerprint density at radius 2 is 2.12 bits per heavy atom. The first-order chi connectivity index (χ1) is 8.33. The standard InChI is InChI=1S/C14H13NOS/c16-14-9-17-8-11(14)7-12-6-5-10-3-1-2-4-13(10)15-12/h1-6,11H,7-9H2. The molecule has 1 atom stereocenters. The van der Waals surface area contributed by atoms with Crippen LogP contribution in [-0.4, -0.2) is 22.3 Å². The van der Waals surface area contributed by atoms with Gasteiger partial charge in [-0.1, -0.05) is 24.3 Å². The van der Waals surface area contributed by atoms with Crippen LogP contribution >= 0.6 is 11.8 Å². The summed E-state index contributed by atoms with van der Waals surface area (Å²) in [7, 11) is 0. The molecule has 3 heteroatoms. The van der Waals surface area contributed by atoms with Crippen molar-refractivity contribution in [2.24, 2.45) is 5.92 Å². The minimum atomic E-state index is 0.175. The van der Waals surface area contributed by atoms with E-state index in [0.29, 0.717) is 11.5 Å². The number of hydrogen-bond donors (Lipinski definition) is 0. The number of benzene rings is 1. The van der Waals surface area contributed by atoms with Gasteiger partial charge in [0.1, 0.15) is 5.78 Å². The molecule has 0 saturated carbocycles. The summed E-state index contributed by atoms with van der Waals surface area (Å²) < 4.78 is 0. The Bertz CT molecular complexity index is 567. The number of aromatic nitrogens is 1. The van der Waals surface area contributed by atoms with Crippen molar-refractivity contribution in [3.63, 3.8) is 0 Å². The van der Waals surface area contributed by atoms with E-state index in [9.17, 15) is 4.79 Å². The highest BCUT2D eigenvalue weighted by Crippen LogP contribution is 2.24. The Kier molecular flexibility index (Phi) is 2.85. The predicted molar refractivity (Wildman–Crippen MR) is 71.3 cm³/mol. The maximum Gasteiger partial charge on any atom is 0.147 e. The van der Waals surface area contributed by atoms with E-state index in [4.69, 9.17) is 0 Å². The molecule has 17 heavy (non-hydrogen) atoms. The van der Waals surface area contributed by atoms with Crippen LogP contribution in [0.1, 0.15) is 5.69 Å². The number of hydrogen-bond acceptors (Lipinski definition) is 3. The van der Waals surface area contributed by atoms with E-state index in [1.165, 1.54) is 0 Å². The molecule has 2 nitrogen and oxygen atoms in total. The summed E-state index contributed by atoms with van der Waals surface area (Å²) in [5, 5.41) is 1.16. The van der Waals surface area contributed by atoms with Gasteiger partial charge in [-0.25, -0.2) is 0 Å². The van der Waals surface area contributed by atoms with E-state index in [2.05, 4.69) is 17.1 Å². The van der Waals surface area contributed by atoms with Gasteiger partial charge in [-0.3, -0.25) is 9.78 Å². The van der Waals surface area contributed by atoms with Gasteiger partial charge in [-0.05, 0) is 12.1 Å². The molecule has 0 aliphatic carbocycles. The summed E-state index contributed by atoms with van der Waals surface area (Å²) in [6.07, 6.45) is 0.788. The maximum absolute atomic E-state index is 11.6. The Morgan fingerprint density at radius 3 is 2.94 bits per heavy atom. The summed E-state index contributed by atoms with van der Waals surface area (Å²) in [5.41, 5.74) is 2.05. The smallest absolute Gasteiger partial charge is 0.147 e. The number of pyridine rings is 1. The number of ketones is 1. The normalized spacial score (nSPS) is 20.0. The zero-order valence-electron chi connectivity index (χ0n) is 9.43. The van der Waals surface area contributed by atoms with Crippen LogP contribution in [0.15, 0.2) is 36.4 Å². The number of carbonyl (C=O) groups excluding carboxylic acids is 1. The van der Waals surface area contributed by atoms with Crippen molar-refractivity contribution in [1.29, 1.82) is 0 Å². The van der Waals surface area contributed by atoms with Gasteiger partial charge in [0.2, 0.25) is 0 Å². The monoisotopic (exact) mass is 243 g/mol. The van der Waals surface area contributed by atoms with Crippen LogP contribution in [0.3, 0.4) is 0 Å². The van der Waals surface area contributed by atoms with Gasteiger partial charge in [0.25, 0.3) is 0 Å². The second-order valence-electron chi connectivity index (χ2n) is 4.38. The first kappa shape index (κ1) is 10.8. The Hall–Kier alpha value is -1.35. The summed E-state index contributed by atoms with van der Waals surface area (Å²) in [6, 6.07) is 12.2. The molecule has 0 radical (unpaired) electrons. The molecule has 2 heterocycles. The Balaban J connectivity index is 1.88. The quantitative estimate of drug-likeness (QED) is 0.812. The van der Waals surface area contributed by atoms with Crippen molar-refractivity contribution in [3.8, 4) is 0 Å². The minimum Gasteiger partial charge on any atom is -0.298 e. The van der Waals surface area contributed by atoms with E-state index < -0.39 is 0 Å². The molecule has 1 fully saturated rings. The van der Waals surface area contributed by atoms with Gasteiger partial charge in [-0.2, -0.15) is 11.8 Å². The molecule has 1 unspecified atom stereocenters. The third-order valence-corrected chi connectivity index (χ3v) is 4.26. The molecule has 0 N–H and O–H groups in total. The first-order valence-corrected chi connectivity index (χ1v) is 6.93. The van der Waals surface area contributed by atoms with Gasteiger partial charge in [0, 0.05) is 29.2 Å². The van der Waals surface area contributed by atoms with Gasteiger partial charge < -0.3 is 0 Å². The molecular formula is C14H13NOS. The fourth-order valence-corrected chi connectivity index (χ4v) is 3.30. The molecule has 3 rings (SSSR count). The van der Waals surface area contributed by atoms with E-state index in [-0.39, 0.29) is 5.92 Å². The summed E-state index contributed by atoms with van der Waals surface area (Å²) >= 11 is 1.74. The number of rotatable bonds is 2. The van der Waals surface area contributed by atoms with Crippen molar-refractivity contribution in [3.05, 3.63) is 42.1 Å². The molecule has 2 aromatic rings. The number of thioether (sulfide) groups is 1. The number of fused-ring (bicyclic) bond motifs is 1. The van der Waals surface area contributed by atoms with Crippen LogP contribution in [0.5, 0.6) is 0 Å². The highest BCUT2D eigenvalue weighted by molar-refractivity contribution is 8.00. The third-order valence-electron chi connectivity index (χ3n) is 3.13. The van der Waals surface area contributed by atoms with Crippen molar-refractivity contribution in [2.75, 3.05) is 11.5 Å². The van der Waals surface area contributed by atoms with Crippen molar-refractivity contribution >= 4 is 28.4 Å². The van der Waals surface area contributed by atoms with Gasteiger partial charge in [0.15, 0.2) is 0 Å². The SMILES string of the molecule is O=C1CSCC1Cc1ccc2ccccc2n1. The molecule has 1 aromatic heterocycles. The number of Topliss-reactive ketones (excluding diaryl/α,β-unsaturated/α-hetero) is 1. The average molecular weight is 243 g/mol. The molecule has 0 amide bonds. The van der Waals surface area contributed by atoms with E-state index in [0.717, 1.165) is 28.8 Å². The Morgan fingerprint density at radius 1 is 1.24 bits per heavy atom. The number of carbonyl (C=O) groups is 1. The average Bonchev–Trinajstić information content (AvgIpc) is 2.75. The highest BCUT2D eigenvalue weighted by atomic mass is 32.2. The molecular weight excluding hydrogens is 230 g/mol. The van der Waals surface area contributed by atoms with Crippen LogP contribution in [0.25, 0.3) is 10.9 Å². The van der Waals surface area contributed by atoms with Crippen LogP contribution in [0, 0.1) is 5.92 Å². The number of nitrogens with zero attached hydrogens (tertiary/aromatic N) is 1. The summed E-state index contributed by atoms with van der Waals surface area (Å²) in [6.45, 7) is 0. The van der Waals surface area contributed by atoms with E-state index in [1.54, 1.807) is 11.8 Å². The van der Waals surface area contributed by atoms with Gasteiger partial charge in [-0.15, -0.1) is 0 Å². The van der Waals surface area contributed by atoms with Crippen molar-refractivity contribution in [1.82, 2.24) is 4.98 Å². The van der Waals surface area contributed by atoms with E-state index >= 15 is 0 Å². The second kappa shape index (κ2) is 4.49. The molecule has 86 valence electrons. The molecule has 1 aliphatic rings. The fraction of sp³-hybridized carbons (Fsp3) is 0.286. The third kappa shape index (κ3) is 2.20. The summed E-state index contributed by atoms with van der Waals surface area (Å²) in [4.78, 5) is 16.2. The van der Waals surface area contributed by atoms with Crippen LogP contribution in [0.4, 0.5) is 0 Å². The topological polar surface area (TPSA) is 30.0 Å². The minimum absolute atomic E-state index is 0.175. The zero-order chi connectivity index (χ0) is 11.7. The van der Waals surface area contributed by atoms with Gasteiger partial charge >= 0.3 is 0 Å².